The largest absolute Gasteiger partial charge is 0.365 e. The van der Waals surface area contributed by atoms with E-state index in [-0.39, 0.29) is 12.2 Å². The summed E-state index contributed by atoms with van der Waals surface area (Å²) in [4.78, 5) is 0. The third-order valence-electron chi connectivity index (χ3n) is 3.02. The molecule has 2 aromatic carbocycles. The lowest BCUT2D eigenvalue weighted by Crippen LogP contribution is -2.09. The average molecular weight is 387 g/mol. The molecule has 0 bridgehead atoms. The molecule has 0 fully saturated rings. The first kappa shape index (κ1) is 14.8. The van der Waals surface area contributed by atoms with Gasteiger partial charge in [0.15, 0.2) is 0 Å². The molecule has 0 saturated heterocycles. The molecule has 0 aliphatic rings. The second-order valence-corrected chi connectivity index (χ2v) is 5.70. The highest BCUT2D eigenvalue weighted by Gasteiger charge is 2.15. The van der Waals surface area contributed by atoms with Gasteiger partial charge in [-0.3, -0.25) is 0 Å². The van der Waals surface area contributed by atoms with Gasteiger partial charge in [-0.15, -0.1) is 0 Å². The number of halogens is 2. The van der Waals surface area contributed by atoms with E-state index < -0.39 is 0 Å². The monoisotopic (exact) mass is 386 g/mol. The molecule has 0 N–H and O–H groups in total. The molecule has 100 valence electrons. The van der Waals surface area contributed by atoms with Gasteiger partial charge in [-0.1, -0.05) is 76.7 Å². The van der Waals surface area contributed by atoms with Crippen molar-refractivity contribution in [2.75, 3.05) is 4.43 Å². The molecule has 0 aromatic heterocycles. The molecular formula is C16H16ClIO. The van der Waals surface area contributed by atoms with Gasteiger partial charge in [-0.25, -0.2) is 0 Å². The van der Waals surface area contributed by atoms with Gasteiger partial charge < -0.3 is 4.74 Å². The van der Waals surface area contributed by atoms with Crippen LogP contribution in [0.25, 0.3) is 0 Å². The lowest BCUT2D eigenvalue weighted by Gasteiger charge is -2.21. The third kappa shape index (κ3) is 4.20. The molecule has 2 atom stereocenters. The molecule has 2 rings (SSSR count). The smallest absolute Gasteiger partial charge is 0.0922 e. The summed E-state index contributed by atoms with van der Waals surface area (Å²) in [5.74, 6) is 0. The first-order valence-corrected chi connectivity index (χ1v) is 8.13. The molecule has 1 nitrogen and oxygen atoms in total. The van der Waals surface area contributed by atoms with Crippen molar-refractivity contribution in [3.8, 4) is 0 Å². The SMILES string of the molecule is CC(OC(CI)c1ccc(Cl)cc1)c1ccccc1. The standard InChI is InChI=1S/C16H16ClIO/c1-12(13-5-3-2-4-6-13)19-16(11-18)14-7-9-15(17)10-8-14/h2-10,12,16H,11H2,1H3. The Morgan fingerprint density at radius 2 is 1.63 bits per heavy atom. The van der Waals surface area contributed by atoms with E-state index in [2.05, 4.69) is 41.6 Å². The minimum atomic E-state index is 0.0802. The molecule has 0 radical (unpaired) electrons. The number of ether oxygens (including phenoxy) is 1. The minimum Gasteiger partial charge on any atom is -0.365 e. The van der Waals surface area contributed by atoms with E-state index in [1.165, 1.54) is 11.1 Å². The van der Waals surface area contributed by atoms with Crippen LogP contribution in [0.1, 0.15) is 30.3 Å². The Kier molecular flexibility index (Phi) is 5.67. The maximum atomic E-state index is 6.16. The number of benzene rings is 2. The molecule has 0 saturated carbocycles. The molecule has 2 unspecified atom stereocenters. The van der Waals surface area contributed by atoms with Gasteiger partial charge in [-0.2, -0.15) is 0 Å². The topological polar surface area (TPSA) is 9.23 Å². The van der Waals surface area contributed by atoms with Gasteiger partial charge in [-0.05, 0) is 30.2 Å². The average Bonchev–Trinajstić information content (AvgIpc) is 2.46. The molecule has 19 heavy (non-hydrogen) atoms. The molecule has 3 heteroatoms. The molecule has 0 amide bonds. The van der Waals surface area contributed by atoms with E-state index in [0.717, 1.165) is 9.45 Å². The Morgan fingerprint density at radius 3 is 2.21 bits per heavy atom. The normalized spacial score (nSPS) is 14.1. The van der Waals surface area contributed by atoms with Gasteiger partial charge in [0.25, 0.3) is 0 Å². The second kappa shape index (κ2) is 7.27. The number of hydrogen-bond donors (Lipinski definition) is 0. The van der Waals surface area contributed by atoms with Crippen LogP contribution in [0.3, 0.4) is 0 Å². The van der Waals surface area contributed by atoms with Crippen LogP contribution in [-0.2, 0) is 4.74 Å². The summed E-state index contributed by atoms with van der Waals surface area (Å²) in [7, 11) is 0. The molecule has 0 heterocycles. The van der Waals surface area contributed by atoms with Crippen molar-refractivity contribution in [1.29, 1.82) is 0 Å². The van der Waals surface area contributed by atoms with Crippen molar-refractivity contribution >= 4 is 34.2 Å². The molecule has 0 aliphatic heterocycles. The van der Waals surface area contributed by atoms with E-state index in [4.69, 9.17) is 16.3 Å². The zero-order chi connectivity index (χ0) is 13.7. The highest BCUT2D eigenvalue weighted by molar-refractivity contribution is 14.1. The summed E-state index contributed by atoms with van der Waals surface area (Å²) in [6.07, 6.45) is 0.171. The fourth-order valence-electron chi connectivity index (χ4n) is 1.93. The van der Waals surface area contributed by atoms with Crippen LogP contribution < -0.4 is 0 Å². The second-order valence-electron chi connectivity index (χ2n) is 4.38. The van der Waals surface area contributed by atoms with Crippen molar-refractivity contribution in [1.82, 2.24) is 0 Å². The van der Waals surface area contributed by atoms with Crippen LogP contribution in [0.15, 0.2) is 54.6 Å². The molecule has 0 spiro atoms. The van der Waals surface area contributed by atoms with Crippen LogP contribution in [0.2, 0.25) is 5.02 Å². The lowest BCUT2D eigenvalue weighted by atomic mass is 10.1. The first-order chi connectivity index (χ1) is 9.20. The van der Waals surface area contributed by atoms with E-state index in [0.29, 0.717) is 0 Å². The van der Waals surface area contributed by atoms with Crippen LogP contribution in [0.4, 0.5) is 0 Å². The maximum absolute atomic E-state index is 6.16. The third-order valence-corrected chi connectivity index (χ3v) is 4.07. The predicted octanol–water partition coefficient (Wildman–Crippen LogP) is 5.59. The summed E-state index contributed by atoms with van der Waals surface area (Å²) in [5.41, 5.74) is 2.37. The Labute approximate surface area is 133 Å². The van der Waals surface area contributed by atoms with Gasteiger partial charge in [0.1, 0.15) is 0 Å². The van der Waals surface area contributed by atoms with Crippen molar-refractivity contribution in [3.05, 3.63) is 70.7 Å². The Morgan fingerprint density at radius 1 is 1.00 bits per heavy atom. The maximum Gasteiger partial charge on any atom is 0.0922 e. The van der Waals surface area contributed by atoms with Crippen molar-refractivity contribution < 1.29 is 4.74 Å². The minimum absolute atomic E-state index is 0.0802. The van der Waals surface area contributed by atoms with Crippen LogP contribution in [0.5, 0.6) is 0 Å². The summed E-state index contributed by atoms with van der Waals surface area (Å²) in [6.45, 7) is 2.09. The van der Waals surface area contributed by atoms with E-state index >= 15 is 0 Å². The predicted molar refractivity (Wildman–Crippen MR) is 89.0 cm³/mol. The van der Waals surface area contributed by atoms with E-state index in [1.54, 1.807) is 0 Å². The highest BCUT2D eigenvalue weighted by Crippen LogP contribution is 2.28. The van der Waals surface area contributed by atoms with E-state index in [9.17, 15) is 0 Å². The number of hydrogen-bond acceptors (Lipinski definition) is 1. The Bertz CT molecular complexity index is 498. The number of rotatable bonds is 5. The summed E-state index contributed by atoms with van der Waals surface area (Å²) in [5, 5.41) is 0.757. The highest BCUT2D eigenvalue weighted by atomic mass is 127. The summed E-state index contributed by atoms with van der Waals surface area (Å²) >= 11 is 8.27. The lowest BCUT2D eigenvalue weighted by molar-refractivity contribution is 0.0103. The van der Waals surface area contributed by atoms with Crippen LogP contribution in [0, 0.1) is 0 Å². The zero-order valence-corrected chi connectivity index (χ0v) is 13.6. The van der Waals surface area contributed by atoms with Crippen molar-refractivity contribution in [2.24, 2.45) is 0 Å². The Hall–Kier alpha value is -0.580. The van der Waals surface area contributed by atoms with Gasteiger partial charge in [0.05, 0.1) is 12.2 Å². The molecule has 0 aliphatic carbocycles. The van der Waals surface area contributed by atoms with Crippen LogP contribution in [-0.4, -0.2) is 4.43 Å². The van der Waals surface area contributed by atoms with Gasteiger partial charge in [0.2, 0.25) is 0 Å². The summed E-state index contributed by atoms with van der Waals surface area (Å²) < 4.78 is 7.07. The van der Waals surface area contributed by atoms with Gasteiger partial charge in [0, 0.05) is 9.45 Å². The van der Waals surface area contributed by atoms with Crippen molar-refractivity contribution in [3.63, 3.8) is 0 Å². The van der Waals surface area contributed by atoms with Crippen LogP contribution >= 0.6 is 34.2 Å². The molecule has 2 aromatic rings. The quantitative estimate of drug-likeness (QED) is 0.480. The summed E-state index contributed by atoms with van der Waals surface area (Å²) in [6, 6.07) is 18.2. The zero-order valence-electron chi connectivity index (χ0n) is 10.7. The van der Waals surface area contributed by atoms with E-state index in [1.807, 2.05) is 42.5 Å². The Balaban J connectivity index is 2.09. The fraction of sp³-hybridized carbons (Fsp3) is 0.250. The van der Waals surface area contributed by atoms with Crippen molar-refractivity contribution in [2.45, 2.75) is 19.1 Å². The first-order valence-electron chi connectivity index (χ1n) is 6.22. The molecular weight excluding hydrogens is 371 g/mol. The fourth-order valence-corrected chi connectivity index (χ4v) is 2.77. The number of alkyl halides is 1. The van der Waals surface area contributed by atoms with Gasteiger partial charge >= 0.3 is 0 Å².